The van der Waals surface area contributed by atoms with E-state index in [1.807, 2.05) is 38.1 Å². The maximum Gasteiger partial charge on any atom is 0.272 e. The number of benzene rings is 1. The van der Waals surface area contributed by atoms with Gasteiger partial charge in [-0.15, -0.1) is 0 Å². The summed E-state index contributed by atoms with van der Waals surface area (Å²) in [4.78, 5) is 31.8. The largest absolute Gasteiger partial charge is 0.790 e. The molecule has 0 saturated heterocycles. The lowest BCUT2D eigenvalue weighted by Gasteiger charge is -2.34. The number of allylic oxidation sites excluding steroid dienone is 2. The van der Waals surface area contributed by atoms with E-state index in [-0.39, 0.29) is 0 Å². The third-order valence-electron chi connectivity index (χ3n) is 3.64. The third kappa shape index (κ3) is 12.0. The first-order chi connectivity index (χ1) is 13.5. The Morgan fingerprint density at radius 1 is 1.10 bits per heavy atom. The number of nitrogens with one attached hydrogen (secondary N) is 1. The van der Waals surface area contributed by atoms with Crippen LogP contribution in [-0.4, -0.2) is 19.8 Å². The average Bonchev–Trinajstić information content (AvgIpc) is 2.59. The molecular formula is C18H26NO8P2-3. The zero-order valence-corrected chi connectivity index (χ0v) is 18.4. The number of hydrogen-bond donors (Lipinski definition) is 1. The summed E-state index contributed by atoms with van der Waals surface area (Å²) in [6.45, 7) is 6.53. The van der Waals surface area contributed by atoms with Gasteiger partial charge in [-0.1, -0.05) is 35.4 Å². The normalized spacial score (nSPS) is 15.1. The molecule has 29 heavy (non-hydrogen) atoms. The molecule has 1 N–H and O–H groups in total. The first kappa shape index (κ1) is 25.6. The zero-order chi connectivity index (χ0) is 21.9. The second-order valence-corrected chi connectivity index (χ2v) is 8.89. The van der Waals surface area contributed by atoms with E-state index in [0.717, 1.165) is 29.0 Å². The van der Waals surface area contributed by atoms with Crippen molar-refractivity contribution in [2.24, 2.45) is 0 Å². The lowest BCUT2D eigenvalue weighted by molar-refractivity contribution is -0.339. The smallest absolute Gasteiger partial charge is 0.272 e. The Labute approximate surface area is 171 Å². The Morgan fingerprint density at radius 3 is 2.45 bits per heavy atom. The van der Waals surface area contributed by atoms with E-state index in [2.05, 4.69) is 20.2 Å². The van der Waals surface area contributed by atoms with Gasteiger partial charge in [-0.3, -0.25) is 8.88 Å². The highest BCUT2D eigenvalue weighted by Gasteiger charge is 2.10. The molecule has 164 valence electrons. The number of hydrogen-bond acceptors (Lipinski definition) is 9. The Balaban J connectivity index is 2.41. The van der Waals surface area contributed by atoms with E-state index in [4.69, 9.17) is 4.74 Å². The Kier molecular flexibility index (Phi) is 10.9. The van der Waals surface area contributed by atoms with Crippen molar-refractivity contribution in [2.45, 2.75) is 33.6 Å². The SMILES string of the molecule is CCOc1ccccc1NC/C(C)=C/CC/C(C)=C/COP(=O)([O-])OP(=O)([O-])[O-]. The minimum Gasteiger partial charge on any atom is -0.790 e. The number of para-hydroxylation sites is 2. The molecule has 0 aliphatic carbocycles. The van der Waals surface area contributed by atoms with Gasteiger partial charge in [0, 0.05) is 6.54 Å². The molecule has 1 aromatic rings. The summed E-state index contributed by atoms with van der Waals surface area (Å²) in [5.74, 6) is 0.798. The van der Waals surface area contributed by atoms with E-state index in [1.54, 1.807) is 6.92 Å². The Bertz CT molecular complexity index is 803. The molecule has 1 aromatic carbocycles. The van der Waals surface area contributed by atoms with Gasteiger partial charge in [-0.05, 0) is 45.7 Å². The molecular weight excluding hydrogens is 420 g/mol. The van der Waals surface area contributed by atoms with Gasteiger partial charge in [-0.25, -0.2) is 0 Å². The molecule has 0 radical (unpaired) electrons. The molecule has 1 atom stereocenters. The van der Waals surface area contributed by atoms with E-state index < -0.39 is 22.3 Å². The molecule has 0 amide bonds. The topological polar surface area (TPSA) is 143 Å². The molecule has 1 rings (SSSR count). The van der Waals surface area contributed by atoms with Crippen molar-refractivity contribution in [1.82, 2.24) is 0 Å². The fourth-order valence-corrected chi connectivity index (χ4v) is 3.69. The molecule has 0 spiro atoms. The zero-order valence-electron chi connectivity index (χ0n) is 16.7. The Hall–Kier alpha value is -1.44. The molecule has 0 fully saturated rings. The van der Waals surface area contributed by atoms with Crippen molar-refractivity contribution >= 4 is 21.3 Å². The third-order valence-corrected chi connectivity index (χ3v) is 5.71. The number of phosphoric acid groups is 2. The predicted molar refractivity (Wildman–Crippen MR) is 105 cm³/mol. The van der Waals surface area contributed by atoms with Gasteiger partial charge in [0.2, 0.25) is 0 Å². The van der Waals surface area contributed by atoms with Crippen LogP contribution in [0.1, 0.15) is 33.6 Å². The number of ether oxygens (including phenoxy) is 1. The number of rotatable bonds is 13. The van der Waals surface area contributed by atoms with Gasteiger partial charge in [-0.2, -0.15) is 0 Å². The van der Waals surface area contributed by atoms with Crippen molar-refractivity contribution in [3.05, 3.63) is 47.6 Å². The van der Waals surface area contributed by atoms with Gasteiger partial charge < -0.3 is 33.8 Å². The van der Waals surface area contributed by atoms with Gasteiger partial charge in [0.15, 0.2) is 0 Å². The minimum atomic E-state index is -5.66. The van der Waals surface area contributed by atoms with Crippen molar-refractivity contribution in [1.29, 1.82) is 0 Å². The highest BCUT2D eigenvalue weighted by Crippen LogP contribution is 2.50. The molecule has 11 heteroatoms. The van der Waals surface area contributed by atoms with Crippen LogP contribution in [0.2, 0.25) is 0 Å². The highest BCUT2D eigenvalue weighted by atomic mass is 31.3. The molecule has 0 saturated carbocycles. The van der Waals surface area contributed by atoms with Crippen LogP contribution in [0.4, 0.5) is 5.69 Å². The minimum absolute atomic E-state index is 0.412. The van der Waals surface area contributed by atoms with Crippen LogP contribution in [0.3, 0.4) is 0 Å². The lowest BCUT2D eigenvalue weighted by atomic mass is 10.1. The molecule has 0 aliphatic rings. The molecule has 0 aromatic heterocycles. The van der Waals surface area contributed by atoms with Crippen LogP contribution in [0.15, 0.2) is 47.6 Å². The second kappa shape index (κ2) is 12.3. The van der Waals surface area contributed by atoms with Crippen molar-refractivity contribution < 1.29 is 37.4 Å². The predicted octanol–water partition coefficient (Wildman–Crippen LogP) is 2.50. The fourth-order valence-electron chi connectivity index (χ4n) is 2.27. The molecule has 0 aliphatic heterocycles. The quantitative estimate of drug-likeness (QED) is 0.357. The summed E-state index contributed by atoms with van der Waals surface area (Å²) in [5.41, 5.74) is 2.89. The molecule has 0 heterocycles. The summed E-state index contributed by atoms with van der Waals surface area (Å²) in [5, 5.41) is 3.32. The number of anilines is 1. The van der Waals surface area contributed by atoms with Gasteiger partial charge in [0.05, 0.1) is 26.7 Å². The van der Waals surface area contributed by atoms with Crippen molar-refractivity contribution in [2.75, 3.05) is 25.1 Å². The fraction of sp³-hybridized carbons (Fsp3) is 0.444. The van der Waals surface area contributed by atoms with Crippen LogP contribution in [0, 0.1) is 0 Å². The first-order valence-corrected chi connectivity index (χ1v) is 11.9. The number of phosphoric ester groups is 1. The van der Waals surface area contributed by atoms with Crippen LogP contribution in [-0.2, 0) is 18.0 Å². The van der Waals surface area contributed by atoms with E-state index in [1.165, 1.54) is 6.08 Å². The molecule has 9 nitrogen and oxygen atoms in total. The van der Waals surface area contributed by atoms with Crippen LogP contribution in [0.5, 0.6) is 5.75 Å². The summed E-state index contributed by atoms with van der Waals surface area (Å²) in [7, 11) is -10.8. The highest BCUT2D eigenvalue weighted by molar-refractivity contribution is 7.58. The maximum atomic E-state index is 11.1. The first-order valence-electron chi connectivity index (χ1n) is 8.98. The van der Waals surface area contributed by atoms with Crippen molar-refractivity contribution in [3.63, 3.8) is 0 Å². The van der Waals surface area contributed by atoms with Crippen LogP contribution < -0.4 is 24.7 Å². The van der Waals surface area contributed by atoms with E-state index in [0.29, 0.717) is 19.6 Å². The van der Waals surface area contributed by atoms with Crippen LogP contribution >= 0.6 is 15.6 Å². The summed E-state index contributed by atoms with van der Waals surface area (Å²) >= 11 is 0. The van der Waals surface area contributed by atoms with Gasteiger partial charge in [0.25, 0.3) is 7.82 Å². The maximum absolute atomic E-state index is 11.1. The molecule has 0 bridgehead atoms. The Morgan fingerprint density at radius 2 is 1.79 bits per heavy atom. The average molecular weight is 446 g/mol. The van der Waals surface area contributed by atoms with E-state index in [9.17, 15) is 23.8 Å². The summed E-state index contributed by atoms with van der Waals surface area (Å²) < 4.78 is 34.7. The lowest BCUT2D eigenvalue weighted by Crippen LogP contribution is -2.19. The standard InChI is InChI=1S/C18H29NO8P2/c1-4-25-18-11-6-5-10-17(18)19-14-16(3)9-7-8-15(2)12-13-26-29(23,24)27-28(20,21)22/h5-6,9-12,19H,4,7-8,13-14H2,1-3H3,(H,23,24)(H2,20,21,22)/p-3/b15-12+,16-9+. The van der Waals surface area contributed by atoms with Gasteiger partial charge in [0.1, 0.15) is 5.75 Å². The summed E-state index contributed by atoms with van der Waals surface area (Å²) in [6, 6.07) is 7.69. The van der Waals surface area contributed by atoms with Gasteiger partial charge >= 0.3 is 0 Å². The summed E-state index contributed by atoms with van der Waals surface area (Å²) in [6.07, 6.45) is 4.92. The van der Waals surface area contributed by atoms with Crippen molar-refractivity contribution in [3.8, 4) is 5.75 Å². The second-order valence-electron chi connectivity index (χ2n) is 6.19. The van der Waals surface area contributed by atoms with Crippen LogP contribution in [0.25, 0.3) is 0 Å². The van der Waals surface area contributed by atoms with E-state index >= 15 is 0 Å². The monoisotopic (exact) mass is 446 g/mol. The molecule has 1 unspecified atom stereocenters.